The highest BCUT2D eigenvalue weighted by Gasteiger charge is 2.15. The van der Waals surface area contributed by atoms with Gasteiger partial charge in [0.1, 0.15) is 5.75 Å². The van der Waals surface area contributed by atoms with Crippen LogP contribution in [0.2, 0.25) is 0 Å². The van der Waals surface area contributed by atoms with Crippen molar-refractivity contribution in [3.05, 3.63) is 27.7 Å². The number of ether oxygens (including phenoxy) is 1. The maximum Gasteiger partial charge on any atom is 0.139 e. The second-order valence-corrected chi connectivity index (χ2v) is 3.86. The number of hydrogen-bond acceptors (Lipinski definition) is 3. The van der Waals surface area contributed by atoms with Crippen molar-refractivity contribution >= 4 is 15.9 Å². The van der Waals surface area contributed by atoms with E-state index in [0.29, 0.717) is 11.3 Å². The minimum absolute atomic E-state index is 0.186. The maximum atomic E-state index is 9.63. The summed E-state index contributed by atoms with van der Waals surface area (Å²) in [5, 5.41) is 9.63. The molecule has 0 aliphatic heterocycles. The van der Waals surface area contributed by atoms with Crippen molar-refractivity contribution in [2.45, 2.75) is 13.0 Å². The van der Waals surface area contributed by atoms with Crippen molar-refractivity contribution in [3.8, 4) is 5.75 Å². The first-order valence-corrected chi connectivity index (χ1v) is 5.12. The van der Waals surface area contributed by atoms with Crippen LogP contribution in [0, 0.1) is 6.92 Å². The molecule has 0 saturated heterocycles. The molecule has 1 unspecified atom stereocenters. The smallest absolute Gasteiger partial charge is 0.139 e. The van der Waals surface area contributed by atoms with Crippen LogP contribution in [-0.4, -0.2) is 18.8 Å². The summed E-state index contributed by atoms with van der Waals surface area (Å²) in [7, 11) is 1.58. The van der Waals surface area contributed by atoms with E-state index in [1.165, 1.54) is 0 Å². The Balaban J connectivity index is 3.23. The quantitative estimate of drug-likeness (QED) is 0.870. The van der Waals surface area contributed by atoms with Gasteiger partial charge in [0, 0.05) is 12.1 Å². The van der Waals surface area contributed by atoms with Gasteiger partial charge in [0.15, 0.2) is 0 Å². The molecule has 0 spiro atoms. The molecule has 3 nitrogen and oxygen atoms in total. The number of methoxy groups -OCH3 is 1. The topological polar surface area (TPSA) is 55.5 Å². The molecular formula is C10H14BrNO2. The summed E-state index contributed by atoms with van der Waals surface area (Å²) in [5.41, 5.74) is 7.17. The summed E-state index contributed by atoms with van der Waals surface area (Å²) in [6, 6.07) is 3.75. The Morgan fingerprint density at radius 1 is 1.57 bits per heavy atom. The number of aliphatic hydroxyl groups excluding tert-OH is 1. The molecule has 3 N–H and O–H groups in total. The zero-order chi connectivity index (χ0) is 10.7. The highest BCUT2D eigenvalue weighted by Crippen LogP contribution is 2.34. The van der Waals surface area contributed by atoms with Gasteiger partial charge in [0.05, 0.1) is 17.7 Å². The Labute approximate surface area is 92.0 Å². The lowest BCUT2D eigenvalue weighted by Crippen LogP contribution is -2.12. The van der Waals surface area contributed by atoms with E-state index in [0.717, 1.165) is 10.0 Å². The van der Waals surface area contributed by atoms with Crippen LogP contribution < -0.4 is 10.5 Å². The van der Waals surface area contributed by atoms with Gasteiger partial charge in [-0.3, -0.25) is 0 Å². The average Bonchev–Trinajstić information content (AvgIpc) is 2.20. The molecular weight excluding hydrogens is 246 g/mol. The molecule has 0 saturated carbocycles. The molecule has 1 rings (SSSR count). The molecule has 0 heterocycles. The monoisotopic (exact) mass is 259 g/mol. The number of hydrogen-bond donors (Lipinski definition) is 2. The lowest BCUT2D eigenvalue weighted by Gasteiger charge is -2.15. The minimum atomic E-state index is -0.679. The van der Waals surface area contributed by atoms with Gasteiger partial charge < -0.3 is 15.6 Å². The van der Waals surface area contributed by atoms with E-state index in [9.17, 15) is 5.11 Å². The molecule has 0 aliphatic rings. The Kier molecular flexibility index (Phi) is 3.92. The van der Waals surface area contributed by atoms with E-state index >= 15 is 0 Å². The third-order valence-corrected chi connectivity index (χ3v) is 3.09. The first kappa shape index (κ1) is 11.5. The summed E-state index contributed by atoms with van der Waals surface area (Å²) in [5.74, 6) is 0.656. The third-order valence-electron chi connectivity index (χ3n) is 2.11. The largest absolute Gasteiger partial charge is 0.495 e. The van der Waals surface area contributed by atoms with Gasteiger partial charge in [0.2, 0.25) is 0 Å². The molecule has 0 aromatic heterocycles. The number of aliphatic hydroxyl groups is 1. The van der Waals surface area contributed by atoms with Crippen LogP contribution in [0.25, 0.3) is 0 Å². The fraction of sp³-hybridized carbons (Fsp3) is 0.400. The molecule has 0 amide bonds. The van der Waals surface area contributed by atoms with E-state index in [2.05, 4.69) is 15.9 Å². The van der Waals surface area contributed by atoms with E-state index in [1.807, 2.05) is 19.1 Å². The SMILES string of the molecule is COc1c(C(O)CN)ccc(C)c1Br. The molecule has 1 aromatic carbocycles. The molecule has 4 heteroatoms. The van der Waals surface area contributed by atoms with Gasteiger partial charge >= 0.3 is 0 Å². The van der Waals surface area contributed by atoms with E-state index in [1.54, 1.807) is 7.11 Å². The predicted octanol–water partition coefficient (Wildman–Crippen LogP) is 1.76. The summed E-state index contributed by atoms with van der Waals surface area (Å²) in [6.07, 6.45) is -0.679. The Hall–Kier alpha value is -0.580. The second kappa shape index (κ2) is 4.77. The molecule has 1 atom stereocenters. The third kappa shape index (κ3) is 2.08. The van der Waals surface area contributed by atoms with Crippen LogP contribution in [0.4, 0.5) is 0 Å². The average molecular weight is 260 g/mol. The zero-order valence-electron chi connectivity index (χ0n) is 8.25. The molecule has 0 aliphatic carbocycles. The highest BCUT2D eigenvalue weighted by atomic mass is 79.9. The zero-order valence-corrected chi connectivity index (χ0v) is 9.84. The summed E-state index contributed by atoms with van der Waals surface area (Å²) in [6.45, 7) is 2.15. The normalized spacial score (nSPS) is 12.6. The number of rotatable bonds is 3. The van der Waals surface area contributed by atoms with Gasteiger partial charge in [-0.25, -0.2) is 0 Å². The van der Waals surface area contributed by atoms with Gasteiger partial charge in [-0.05, 0) is 28.4 Å². The molecule has 0 radical (unpaired) electrons. The molecule has 0 bridgehead atoms. The van der Waals surface area contributed by atoms with Gasteiger partial charge in [-0.2, -0.15) is 0 Å². The Bertz CT molecular complexity index is 328. The van der Waals surface area contributed by atoms with Crippen molar-refractivity contribution in [2.75, 3.05) is 13.7 Å². The fourth-order valence-corrected chi connectivity index (χ4v) is 1.79. The van der Waals surface area contributed by atoms with Crippen LogP contribution in [-0.2, 0) is 0 Å². The van der Waals surface area contributed by atoms with Crippen molar-refractivity contribution < 1.29 is 9.84 Å². The number of benzene rings is 1. The van der Waals surface area contributed by atoms with Crippen molar-refractivity contribution in [1.29, 1.82) is 0 Å². The lowest BCUT2D eigenvalue weighted by molar-refractivity contribution is 0.182. The Morgan fingerprint density at radius 3 is 2.71 bits per heavy atom. The highest BCUT2D eigenvalue weighted by molar-refractivity contribution is 9.10. The lowest BCUT2D eigenvalue weighted by atomic mass is 10.1. The van der Waals surface area contributed by atoms with Crippen LogP contribution in [0.1, 0.15) is 17.2 Å². The summed E-state index contributed by atoms with van der Waals surface area (Å²) in [4.78, 5) is 0. The van der Waals surface area contributed by atoms with Crippen molar-refractivity contribution in [2.24, 2.45) is 5.73 Å². The van der Waals surface area contributed by atoms with Crippen LogP contribution >= 0.6 is 15.9 Å². The first-order chi connectivity index (χ1) is 6.61. The second-order valence-electron chi connectivity index (χ2n) is 3.07. The predicted molar refractivity (Wildman–Crippen MR) is 59.4 cm³/mol. The van der Waals surface area contributed by atoms with Crippen LogP contribution in [0.3, 0.4) is 0 Å². The number of aryl methyl sites for hydroxylation is 1. The van der Waals surface area contributed by atoms with Crippen LogP contribution in [0.15, 0.2) is 16.6 Å². The van der Waals surface area contributed by atoms with E-state index < -0.39 is 6.10 Å². The van der Waals surface area contributed by atoms with Gasteiger partial charge in [-0.1, -0.05) is 12.1 Å². The standard InChI is InChI=1S/C10H14BrNO2/c1-6-3-4-7(8(13)5-12)10(14-2)9(6)11/h3-4,8,13H,5,12H2,1-2H3. The van der Waals surface area contributed by atoms with E-state index in [-0.39, 0.29) is 6.54 Å². The van der Waals surface area contributed by atoms with Gasteiger partial charge in [0.25, 0.3) is 0 Å². The summed E-state index contributed by atoms with van der Waals surface area (Å²) < 4.78 is 6.08. The summed E-state index contributed by atoms with van der Waals surface area (Å²) >= 11 is 3.41. The molecule has 14 heavy (non-hydrogen) atoms. The van der Waals surface area contributed by atoms with Crippen LogP contribution in [0.5, 0.6) is 5.75 Å². The Morgan fingerprint density at radius 2 is 2.21 bits per heavy atom. The minimum Gasteiger partial charge on any atom is -0.495 e. The molecule has 0 fully saturated rings. The molecule has 1 aromatic rings. The maximum absolute atomic E-state index is 9.63. The van der Waals surface area contributed by atoms with Crippen molar-refractivity contribution in [1.82, 2.24) is 0 Å². The first-order valence-electron chi connectivity index (χ1n) is 4.33. The van der Waals surface area contributed by atoms with E-state index in [4.69, 9.17) is 10.5 Å². The fourth-order valence-electron chi connectivity index (χ4n) is 1.27. The van der Waals surface area contributed by atoms with Gasteiger partial charge in [-0.15, -0.1) is 0 Å². The number of halogens is 1. The molecule has 78 valence electrons. The number of nitrogens with two attached hydrogens (primary N) is 1. The van der Waals surface area contributed by atoms with Crippen molar-refractivity contribution in [3.63, 3.8) is 0 Å².